The predicted octanol–water partition coefficient (Wildman–Crippen LogP) is 3.69. The van der Waals surface area contributed by atoms with Crippen molar-refractivity contribution >= 4 is 39.1 Å². The van der Waals surface area contributed by atoms with Crippen LogP contribution in [0.3, 0.4) is 0 Å². The minimum absolute atomic E-state index is 0.543. The van der Waals surface area contributed by atoms with E-state index in [0.29, 0.717) is 0 Å². The fourth-order valence-electron chi connectivity index (χ4n) is 1.04. The van der Waals surface area contributed by atoms with Gasteiger partial charge in [0.05, 0.1) is 5.38 Å². The van der Waals surface area contributed by atoms with Crippen molar-refractivity contribution in [2.24, 2.45) is 0 Å². The van der Waals surface area contributed by atoms with Gasteiger partial charge in [0.15, 0.2) is 0 Å². The predicted molar refractivity (Wildman–Crippen MR) is 46.2 cm³/mol. The fraction of sp³-hybridized carbons (Fsp3) is 1.00. The van der Waals surface area contributed by atoms with Crippen LogP contribution in [0.4, 0.5) is 13.2 Å². The topological polar surface area (TPSA) is 0 Å². The Morgan fingerprint density at radius 3 is 2.17 bits per heavy atom. The van der Waals surface area contributed by atoms with Crippen molar-refractivity contribution in [2.75, 3.05) is 0 Å². The molecule has 1 fully saturated rings. The second-order valence-corrected chi connectivity index (χ2v) is 5.18. The molecule has 0 amide bonds. The fourth-order valence-corrected chi connectivity index (χ4v) is 2.26. The number of hydrogen-bond acceptors (Lipinski definition) is 0. The van der Waals surface area contributed by atoms with Crippen molar-refractivity contribution in [3.8, 4) is 0 Å². The molecule has 0 saturated heterocycles. The van der Waals surface area contributed by atoms with E-state index in [1.54, 1.807) is 0 Å². The van der Waals surface area contributed by atoms with Gasteiger partial charge in [0, 0.05) is 17.7 Å². The quantitative estimate of drug-likeness (QED) is 0.596. The van der Waals surface area contributed by atoms with Crippen LogP contribution in [-0.2, 0) is 0 Å². The van der Waals surface area contributed by atoms with E-state index in [-0.39, 0.29) is 0 Å². The Bertz CT molecular complexity index is 166. The molecule has 0 spiro atoms. The average Bonchev–Trinajstić information content (AvgIpc) is 1.82. The largest absolute Gasteiger partial charge is 0.296 e. The number of alkyl halides is 6. The molecule has 1 aliphatic rings. The lowest BCUT2D eigenvalue weighted by atomic mass is 9.94. The Morgan fingerprint density at radius 1 is 1.25 bits per heavy atom. The first kappa shape index (κ1) is 10.9. The maximum atomic E-state index is 13.0. The Kier molecular flexibility index (Phi) is 2.92. The maximum Gasteiger partial charge on any atom is 0.296 e. The molecule has 0 aliphatic heterocycles. The van der Waals surface area contributed by atoms with Gasteiger partial charge in [-0.3, -0.25) is 0 Å². The number of halogens is 6. The summed E-state index contributed by atoms with van der Waals surface area (Å²) in [5, 5.41) is -3.68. The molecule has 0 N–H and O–H groups in total. The zero-order valence-corrected chi connectivity index (χ0v) is 8.93. The summed E-state index contributed by atoms with van der Waals surface area (Å²) in [4.78, 5) is -0.586. The highest BCUT2D eigenvalue weighted by Crippen LogP contribution is 2.50. The molecule has 72 valence electrons. The molecule has 0 bridgehead atoms. The smallest absolute Gasteiger partial charge is 0.219 e. The molecule has 0 aromatic carbocycles. The Labute approximate surface area is 86.5 Å². The lowest BCUT2D eigenvalue weighted by Crippen LogP contribution is -2.49. The molecule has 12 heavy (non-hydrogen) atoms. The SMILES string of the molecule is FC1(F)CC(Br)C(Cl)CC1(F)Cl. The van der Waals surface area contributed by atoms with Gasteiger partial charge in [0.2, 0.25) is 5.13 Å². The van der Waals surface area contributed by atoms with Crippen LogP contribution in [0.15, 0.2) is 0 Å². The maximum absolute atomic E-state index is 13.0. The van der Waals surface area contributed by atoms with E-state index in [9.17, 15) is 13.2 Å². The number of hydrogen-bond donors (Lipinski definition) is 0. The van der Waals surface area contributed by atoms with Gasteiger partial charge in [-0.15, -0.1) is 11.6 Å². The van der Waals surface area contributed by atoms with E-state index in [0.717, 1.165) is 0 Å². The van der Waals surface area contributed by atoms with Gasteiger partial charge in [-0.05, 0) is 0 Å². The minimum atomic E-state index is -3.51. The summed E-state index contributed by atoms with van der Waals surface area (Å²) >= 11 is 13.5. The van der Waals surface area contributed by atoms with E-state index in [1.807, 2.05) is 0 Å². The highest BCUT2D eigenvalue weighted by atomic mass is 79.9. The van der Waals surface area contributed by atoms with Crippen LogP contribution in [0.5, 0.6) is 0 Å². The molecule has 0 aromatic heterocycles. The van der Waals surface area contributed by atoms with Crippen LogP contribution >= 0.6 is 39.1 Å². The lowest BCUT2D eigenvalue weighted by molar-refractivity contribution is -0.116. The molecule has 3 unspecified atom stereocenters. The molecular formula is C6H6BrCl2F3. The van der Waals surface area contributed by atoms with Gasteiger partial charge in [0.25, 0.3) is 5.92 Å². The summed E-state index contributed by atoms with van der Waals surface area (Å²) in [6.45, 7) is 0. The third-order valence-corrected chi connectivity index (χ3v) is 3.99. The third-order valence-electron chi connectivity index (χ3n) is 1.83. The molecule has 1 saturated carbocycles. The van der Waals surface area contributed by atoms with Crippen LogP contribution < -0.4 is 0 Å². The monoisotopic (exact) mass is 284 g/mol. The lowest BCUT2D eigenvalue weighted by Gasteiger charge is -2.37. The van der Waals surface area contributed by atoms with Crippen molar-refractivity contribution in [1.29, 1.82) is 0 Å². The normalized spacial score (nSPS) is 47.5. The van der Waals surface area contributed by atoms with Crippen LogP contribution in [0, 0.1) is 0 Å². The molecule has 0 aromatic rings. The average molecular weight is 286 g/mol. The third kappa shape index (κ3) is 1.85. The van der Waals surface area contributed by atoms with Crippen molar-refractivity contribution in [1.82, 2.24) is 0 Å². The summed E-state index contributed by atoms with van der Waals surface area (Å²) in [5.74, 6) is -3.51. The first-order valence-corrected chi connectivity index (χ1v) is 5.03. The second kappa shape index (κ2) is 3.21. The standard InChI is InChI=1S/C6H6BrCl2F3/c7-3-1-6(11,12)5(9,10)2-4(3)8/h3-4H,1-2H2. The summed E-state index contributed by atoms with van der Waals surface area (Å²) in [7, 11) is 0. The summed E-state index contributed by atoms with van der Waals surface area (Å²) in [5.41, 5.74) is 0. The van der Waals surface area contributed by atoms with Crippen LogP contribution in [-0.4, -0.2) is 21.3 Å². The molecule has 3 atom stereocenters. The number of rotatable bonds is 0. The molecule has 1 rings (SSSR count). The first-order valence-electron chi connectivity index (χ1n) is 3.30. The van der Waals surface area contributed by atoms with Crippen LogP contribution in [0.2, 0.25) is 0 Å². The van der Waals surface area contributed by atoms with E-state index in [4.69, 9.17) is 23.2 Å². The van der Waals surface area contributed by atoms with Crippen molar-refractivity contribution in [3.05, 3.63) is 0 Å². The first-order chi connectivity index (χ1) is 5.26. The minimum Gasteiger partial charge on any atom is -0.219 e. The molecule has 6 heteroatoms. The Hall–Kier alpha value is 0.850. The highest BCUT2D eigenvalue weighted by Gasteiger charge is 2.59. The van der Waals surface area contributed by atoms with Gasteiger partial charge < -0.3 is 0 Å². The molecule has 0 radical (unpaired) electrons. The Morgan fingerprint density at radius 2 is 1.75 bits per heavy atom. The van der Waals surface area contributed by atoms with Crippen molar-refractivity contribution < 1.29 is 13.2 Å². The van der Waals surface area contributed by atoms with Gasteiger partial charge in [-0.1, -0.05) is 27.5 Å². The van der Waals surface area contributed by atoms with Crippen molar-refractivity contribution in [3.63, 3.8) is 0 Å². The van der Waals surface area contributed by atoms with Gasteiger partial charge >= 0.3 is 0 Å². The highest BCUT2D eigenvalue weighted by molar-refractivity contribution is 9.09. The van der Waals surface area contributed by atoms with E-state index in [1.165, 1.54) is 0 Å². The molecule has 0 nitrogen and oxygen atoms in total. The van der Waals surface area contributed by atoms with Crippen molar-refractivity contribution in [2.45, 2.75) is 34.1 Å². The zero-order valence-electron chi connectivity index (χ0n) is 5.84. The van der Waals surface area contributed by atoms with Crippen LogP contribution in [0.1, 0.15) is 12.8 Å². The van der Waals surface area contributed by atoms with Crippen LogP contribution in [0.25, 0.3) is 0 Å². The Balaban J connectivity index is 2.80. The molecule has 0 heterocycles. The van der Waals surface area contributed by atoms with Gasteiger partial charge in [-0.25, -0.2) is 13.2 Å². The van der Waals surface area contributed by atoms with E-state index in [2.05, 4.69) is 15.9 Å². The van der Waals surface area contributed by atoms with E-state index >= 15 is 0 Å². The summed E-state index contributed by atoms with van der Waals surface area (Å²) < 4.78 is 38.6. The summed E-state index contributed by atoms with van der Waals surface area (Å²) in [6, 6.07) is 0. The molecular weight excluding hydrogens is 280 g/mol. The van der Waals surface area contributed by atoms with Gasteiger partial charge in [-0.2, -0.15) is 0 Å². The second-order valence-electron chi connectivity index (χ2n) is 2.85. The zero-order chi connectivity index (χ0) is 9.57. The summed E-state index contributed by atoms with van der Waals surface area (Å²) in [6.07, 6.45) is -1.21. The van der Waals surface area contributed by atoms with Gasteiger partial charge in [0.1, 0.15) is 0 Å². The van der Waals surface area contributed by atoms with E-state index < -0.39 is 34.1 Å². The molecule has 1 aliphatic carbocycles.